The second-order valence-corrected chi connectivity index (χ2v) is 4.82. The number of hydrogen-bond acceptors (Lipinski definition) is 3. The molecule has 0 bridgehead atoms. The van der Waals surface area contributed by atoms with Crippen molar-refractivity contribution in [2.45, 2.75) is 13.1 Å². The number of hydrogen-bond donors (Lipinski definition) is 1. The molecule has 1 heterocycles. The first kappa shape index (κ1) is 13.5. The molecule has 5 heteroatoms. The molecule has 0 atom stereocenters. The summed E-state index contributed by atoms with van der Waals surface area (Å²) in [6.07, 6.45) is 1.61. The summed E-state index contributed by atoms with van der Waals surface area (Å²) in [6.45, 7) is 0.413. The zero-order chi connectivity index (χ0) is 14.8. The molecule has 0 saturated carbocycles. The van der Waals surface area contributed by atoms with Crippen LogP contribution in [0.5, 0.6) is 0 Å². The van der Waals surface area contributed by atoms with Crippen LogP contribution < -0.4 is 11.3 Å². The van der Waals surface area contributed by atoms with E-state index in [0.29, 0.717) is 17.5 Å². The van der Waals surface area contributed by atoms with E-state index in [1.54, 1.807) is 30.5 Å². The van der Waals surface area contributed by atoms with Crippen molar-refractivity contribution in [3.63, 3.8) is 0 Å². The average Bonchev–Trinajstić information content (AvgIpc) is 2.52. The summed E-state index contributed by atoms with van der Waals surface area (Å²) >= 11 is 0. The summed E-state index contributed by atoms with van der Waals surface area (Å²) in [5, 5.41) is 5.45. The van der Waals surface area contributed by atoms with Gasteiger partial charge in [-0.05, 0) is 23.8 Å². The molecule has 0 aliphatic heterocycles. The highest BCUT2D eigenvalue weighted by Crippen LogP contribution is 2.12. The second kappa shape index (κ2) is 5.46. The Morgan fingerprint density at radius 2 is 2.00 bits per heavy atom. The summed E-state index contributed by atoms with van der Waals surface area (Å²) < 4.78 is 15.1. The van der Waals surface area contributed by atoms with Gasteiger partial charge in [0.25, 0.3) is 5.56 Å². The van der Waals surface area contributed by atoms with Crippen LogP contribution in [-0.4, -0.2) is 9.78 Å². The molecule has 0 spiro atoms. The van der Waals surface area contributed by atoms with Crippen molar-refractivity contribution in [2.24, 2.45) is 5.73 Å². The number of halogens is 1. The van der Waals surface area contributed by atoms with Gasteiger partial charge in [0.15, 0.2) is 0 Å². The molecule has 21 heavy (non-hydrogen) atoms. The number of aromatic nitrogens is 2. The molecule has 2 N–H and O–H groups in total. The number of nitrogens with zero attached hydrogens (tertiary/aromatic N) is 2. The van der Waals surface area contributed by atoms with Crippen LogP contribution in [-0.2, 0) is 13.1 Å². The number of benzene rings is 2. The molecule has 3 rings (SSSR count). The minimum atomic E-state index is -0.367. The van der Waals surface area contributed by atoms with Crippen molar-refractivity contribution in [3.05, 3.63) is 76.0 Å². The van der Waals surface area contributed by atoms with E-state index in [4.69, 9.17) is 5.73 Å². The minimum Gasteiger partial charge on any atom is -0.326 e. The summed E-state index contributed by atoms with van der Waals surface area (Å²) in [4.78, 5) is 12.4. The van der Waals surface area contributed by atoms with Gasteiger partial charge >= 0.3 is 0 Å². The van der Waals surface area contributed by atoms with Gasteiger partial charge in [-0.3, -0.25) is 4.79 Å². The lowest BCUT2D eigenvalue weighted by Crippen LogP contribution is -2.23. The van der Waals surface area contributed by atoms with Crippen LogP contribution >= 0.6 is 0 Å². The maximum Gasteiger partial charge on any atom is 0.274 e. The topological polar surface area (TPSA) is 60.9 Å². The van der Waals surface area contributed by atoms with E-state index in [-0.39, 0.29) is 17.9 Å². The molecule has 2 aromatic carbocycles. The van der Waals surface area contributed by atoms with Crippen molar-refractivity contribution in [2.75, 3.05) is 0 Å². The van der Waals surface area contributed by atoms with Crippen LogP contribution in [0.1, 0.15) is 11.1 Å². The van der Waals surface area contributed by atoms with Crippen LogP contribution in [0.15, 0.2) is 53.5 Å². The molecular formula is C16H14FN3O. The molecule has 0 unspecified atom stereocenters. The van der Waals surface area contributed by atoms with Crippen LogP contribution in [0.3, 0.4) is 0 Å². The van der Waals surface area contributed by atoms with Crippen molar-refractivity contribution < 1.29 is 4.39 Å². The molecule has 4 nitrogen and oxygen atoms in total. The fraction of sp³-hybridized carbons (Fsp3) is 0.125. The highest BCUT2D eigenvalue weighted by Gasteiger charge is 2.08. The fourth-order valence-corrected chi connectivity index (χ4v) is 2.28. The van der Waals surface area contributed by atoms with Gasteiger partial charge in [0, 0.05) is 17.5 Å². The van der Waals surface area contributed by atoms with Crippen LogP contribution in [0, 0.1) is 5.82 Å². The third-order valence-corrected chi connectivity index (χ3v) is 3.43. The lowest BCUT2D eigenvalue weighted by Gasteiger charge is -2.08. The summed E-state index contributed by atoms with van der Waals surface area (Å²) in [5.74, 6) is -0.367. The van der Waals surface area contributed by atoms with Gasteiger partial charge in [0.05, 0.1) is 18.1 Å². The normalized spacial score (nSPS) is 11.0. The van der Waals surface area contributed by atoms with E-state index >= 15 is 0 Å². The smallest absolute Gasteiger partial charge is 0.274 e. The zero-order valence-electron chi connectivity index (χ0n) is 11.3. The number of rotatable bonds is 3. The highest BCUT2D eigenvalue weighted by molar-refractivity contribution is 5.80. The summed E-state index contributed by atoms with van der Waals surface area (Å²) in [6, 6.07) is 11.9. The summed E-state index contributed by atoms with van der Waals surface area (Å²) in [7, 11) is 0. The monoisotopic (exact) mass is 283 g/mol. The van der Waals surface area contributed by atoms with Crippen molar-refractivity contribution in [1.82, 2.24) is 9.78 Å². The Labute approximate surface area is 120 Å². The lowest BCUT2D eigenvalue weighted by molar-refractivity contribution is 0.574. The predicted octanol–water partition coefficient (Wildman–Crippen LogP) is 2.04. The molecule has 0 amide bonds. The Hall–Kier alpha value is -2.53. The Bertz CT molecular complexity index is 858. The second-order valence-electron chi connectivity index (χ2n) is 4.82. The fourth-order valence-electron chi connectivity index (χ4n) is 2.28. The van der Waals surface area contributed by atoms with E-state index in [2.05, 4.69) is 5.10 Å². The predicted molar refractivity (Wildman–Crippen MR) is 79.4 cm³/mol. The first-order valence-corrected chi connectivity index (χ1v) is 6.61. The van der Waals surface area contributed by atoms with Gasteiger partial charge in [-0.1, -0.05) is 24.3 Å². The maximum absolute atomic E-state index is 13.9. The molecule has 0 saturated heterocycles. The largest absolute Gasteiger partial charge is 0.326 e. The molecule has 1 aromatic heterocycles. The van der Waals surface area contributed by atoms with E-state index in [1.165, 1.54) is 10.7 Å². The van der Waals surface area contributed by atoms with E-state index in [9.17, 15) is 9.18 Å². The van der Waals surface area contributed by atoms with Crippen molar-refractivity contribution in [3.8, 4) is 0 Å². The standard InChI is InChI=1S/C16H14FN3O/c17-15-6-5-11(8-18)7-13(15)10-20-16(21)14-4-2-1-3-12(14)9-19-20/h1-7,9H,8,10,18H2. The molecule has 0 aliphatic rings. The Morgan fingerprint density at radius 1 is 1.19 bits per heavy atom. The maximum atomic E-state index is 13.9. The molecule has 0 aliphatic carbocycles. The van der Waals surface area contributed by atoms with Crippen LogP contribution in [0.2, 0.25) is 0 Å². The van der Waals surface area contributed by atoms with Gasteiger partial charge in [-0.25, -0.2) is 9.07 Å². The van der Waals surface area contributed by atoms with Crippen molar-refractivity contribution in [1.29, 1.82) is 0 Å². The molecule has 106 valence electrons. The highest BCUT2D eigenvalue weighted by atomic mass is 19.1. The van der Waals surface area contributed by atoms with E-state index in [0.717, 1.165) is 10.9 Å². The van der Waals surface area contributed by atoms with Gasteiger partial charge < -0.3 is 5.73 Å². The minimum absolute atomic E-state index is 0.0866. The van der Waals surface area contributed by atoms with Crippen LogP contribution in [0.4, 0.5) is 4.39 Å². The van der Waals surface area contributed by atoms with Gasteiger partial charge in [0.1, 0.15) is 5.82 Å². The Kier molecular flexibility index (Phi) is 3.50. The molecule has 0 radical (unpaired) electrons. The van der Waals surface area contributed by atoms with E-state index in [1.807, 2.05) is 12.1 Å². The van der Waals surface area contributed by atoms with Gasteiger partial charge in [-0.2, -0.15) is 5.10 Å². The third kappa shape index (κ3) is 2.55. The van der Waals surface area contributed by atoms with E-state index < -0.39 is 0 Å². The first-order valence-electron chi connectivity index (χ1n) is 6.61. The Morgan fingerprint density at radius 3 is 2.81 bits per heavy atom. The molecular weight excluding hydrogens is 269 g/mol. The van der Waals surface area contributed by atoms with Gasteiger partial charge in [0.2, 0.25) is 0 Å². The average molecular weight is 283 g/mol. The molecule has 0 fully saturated rings. The lowest BCUT2D eigenvalue weighted by atomic mass is 10.1. The van der Waals surface area contributed by atoms with Crippen molar-refractivity contribution >= 4 is 10.8 Å². The first-order chi connectivity index (χ1) is 10.2. The van der Waals surface area contributed by atoms with Crippen LogP contribution in [0.25, 0.3) is 10.8 Å². The van der Waals surface area contributed by atoms with Gasteiger partial charge in [-0.15, -0.1) is 0 Å². The third-order valence-electron chi connectivity index (χ3n) is 3.43. The zero-order valence-corrected chi connectivity index (χ0v) is 11.3. The number of nitrogens with two attached hydrogens (primary N) is 1. The molecule has 3 aromatic rings. The number of fused-ring (bicyclic) bond motifs is 1. The Balaban J connectivity index is 2.06. The quantitative estimate of drug-likeness (QED) is 0.800. The summed E-state index contributed by atoms with van der Waals surface area (Å²) in [5.41, 5.74) is 6.55. The SMILES string of the molecule is NCc1ccc(F)c(Cn2ncc3ccccc3c2=O)c1.